The van der Waals surface area contributed by atoms with Crippen LogP contribution >= 0.6 is 0 Å². The van der Waals surface area contributed by atoms with E-state index in [0.717, 1.165) is 51.4 Å². The van der Waals surface area contributed by atoms with E-state index in [-0.39, 0.29) is 11.7 Å². The molecular formula is C17H23N3O3. The van der Waals surface area contributed by atoms with Gasteiger partial charge in [0.15, 0.2) is 0 Å². The summed E-state index contributed by atoms with van der Waals surface area (Å²) in [4.78, 5) is 2.38. The maximum atomic E-state index is 6.43. The Bertz CT molecular complexity index is 599. The summed E-state index contributed by atoms with van der Waals surface area (Å²) in [6.45, 7) is 4.85. The van der Waals surface area contributed by atoms with Crippen molar-refractivity contribution in [3.63, 3.8) is 0 Å². The molecule has 0 aromatic carbocycles. The monoisotopic (exact) mass is 317 g/mol. The topological polar surface area (TPSA) is 52.7 Å². The Hall–Kier alpha value is -1.63. The number of nitrogens with zero attached hydrogens (tertiary/aromatic N) is 3. The predicted octanol–water partition coefficient (Wildman–Crippen LogP) is 1.93. The van der Waals surface area contributed by atoms with Crippen LogP contribution in [0.4, 0.5) is 0 Å². The lowest BCUT2D eigenvalue weighted by Gasteiger charge is -2.31. The maximum absolute atomic E-state index is 6.43. The molecule has 0 aliphatic carbocycles. The van der Waals surface area contributed by atoms with Gasteiger partial charge in [0, 0.05) is 25.5 Å². The molecule has 2 aromatic heterocycles. The van der Waals surface area contributed by atoms with Crippen molar-refractivity contribution in [2.75, 3.05) is 26.3 Å². The SMILES string of the molecule is c1coc(CN2CCOC[C@@]3(CC[C@@H](Cn4cccn4)O3)C2)c1. The van der Waals surface area contributed by atoms with Gasteiger partial charge in [0.2, 0.25) is 0 Å². The predicted molar refractivity (Wildman–Crippen MR) is 83.9 cm³/mol. The van der Waals surface area contributed by atoms with Gasteiger partial charge in [0.1, 0.15) is 11.4 Å². The van der Waals surface area contributed by atoms with E-state index in [1.165, 1.54) is 0 Å². The standard InChI is InChI=1S/C17H23N3O3/c1-3-15(22-9-1)11-19-8-10-21-14-17(13-19)5-4-16(23-17)12-20-7-2-6-18-20/h1-3,6-7,9,16H,4-5,8,10-14H2/t16-,17+/m0/s1. The second kappa shape index (κ2) is 6.47. The molecule has 6 nitrogen and oxygen atoms in total. The van der Waals surface area contributed by atoms with E-state index in [1.54, 1.807) is 6.26 Å². The third-order valence-corrected chi connectivity index (χ3v) is 4.68. The third kappa shape index (κ3) is 3.49. The molecule has 0 saturated carbocycles. The van der Waals surface area contributed by atoms with E-state index >= 15 is 0 Å². The van der Waals surface area contributed by atoms with Crippen molar-refractivity contribution in [2.24, 2.45) is 0 Å². The van der Waals surface area contributed by atoms with Crippen LogP contribution in [0, 0.1) is 0 Å². The van der Waals surface area contributed by atoms with Crippen LogP contribution in [0.15, 0.2) is 41.3 Å². The highest BCUT2D eigenvalue weighted by Crippen LogP contribution is 2.34. The normalized spacial score (nSPS) is 29.1. The lowest BCUT2D eigenvalue weighted by Crippen LogP contribution is -2.44. The maximum Gasteiger partial charge on any atom is 0.117 e. The molecule has 2 aliphatic heterocycles. The molecule has 0 unspecified atom stereocenters. The van der Waals surface area contributed by atoms with Crippen molar-refractivity contribution in [2.45, 2.75) is 37.6 Å². The second-order valence-electron chi connectivity index (χ2n) is 6.53. The van der Waals surface area contributed by atoms with Crippen molar-refractivity contribution < 1.29 is 13.9 Å². The molecule has 23 heavy (non-hydrogen) atoms. The first-order valence-corrected chi connectivity index (χ1v) is 8.29. The molecule has 0 amide bonds. The van der Waals surface area contributed by atoms with Crippen LogP contribution < -0.4 is 0 Å². The lowest BCUT2D eigenvalue weighted by atomic mass is 10.00. The molecule has 0 bridgehead atoms. The molecule has 0 radical (unpaired) electrons. The van der Waals surface area contributed by atoms with Gasteiger partial charge in [0.05, 0.1) is 38.7 Å². The van der Waals surface area contributed by atoms with Crippen molar-refractivity contribution in [3.8, 4) is 0 Å². The molecule has 2 aliphatic rings. The summed E-state index contributed by atoms with van der Waals surface area (Å²) >= 11 is 0. The Balaban J connectivity index is 1.40. The van der Waals surface area contributed by atoms with Gasteiger partial charge < -0.3 is 13.9 Å². The zero-order valence-corrected chi connectivity index (χ0v) is 13.3. The van der Waals surface area contributed by atoms with Gasteiger partial charge in [-0.15, -0.1) is 0 Å². The third-order valence-electron chi connectivity index (χ3n) is 4.68. The zero-order valence-electron chi connectivity index (χ0n) is 13.3. The van der Waals surface area contributed by atoms with Crippen LogP contribution in [-0.4, -0.2) is 52.7 Å². The van der Waals surface area contributed by atoms with Gasteiger partial charge in [-0.05, 0) is 31.0 Å². The lowest BCUT2D eigenvalue weighted by molar-refractivity contribution is -0.0907. The molecule has 6 heteroatoms. The summed E-state index contributed by atoms with van der Waals surface area (Å²) in [5, 5.41) is 4.28. The first kappa shape index (κ1) is 14.9. The van der Waals surface area contributed by atoms with Crippen LogP contribution in [0.5, 0.6) is 0 Å². The fourth-order valence-corrected chi connectivity index (χ4v) is 3.61. The minimum atomic E-state index is -0.194. The summed E-state index contributed by atoms with van der Waals surface area (Å²) in [5.74, 6) is 0.994. The number of aromatic nitrogens is 2. The van der Waals surface area contributed by atoms with Crippen molar-refractivity contribution >= 4 is 0 Å². The quantitative estimate of drug-likeness (QED) is 0.862. The minimum Gasteiger partial charge on any atom is -0.468 e. The van der Waals surface area contributed by atoms with E-state index < -0.39 is 0 Å². The molecule has 2 aromatic rings. The van der Waals surface area contributed by atoms with Gasteiger partial charge in [-0.25, -0.2) is 0 Å². The van der Waals surface area contributed by atoms with Gasteiger partial charge in [-0.3, -0.25) is 9.58 Å². The van der Waals surface area contributed by atoms with Gasteiger partial charge in [-0.2, -0.15) is 5.10 Å². The van der Waals surface area contributed by atoms with E-state index in [0.29, 0.717) is 6.61 Å². The highest BCUT2D eigenvalue weighted by Gasteiger charge is 2.43. The molecule has 124 valence electrons. The largest absolute Gasteiger partial charge is 0.468 e. The van der Waals surface area contributed by atoms with Crippen LogP contribution in [0.25, 0.3) is 0 Å². The molecule has 4 heterocycles. The first-order chi connectivity index (χ1) is 11.3. The van der Waals surface area contributed by atoms with Crippen LogP contribution in [-0.2, 0) is 22.6 Å². The fraction of sp³-hybridized carbons (Fsp3) is 0.588. The Kier molecular flexibility index (Phi) is 4.20. The van der Waals surface area contributed by atoms with Gasteiger partial charge in [-0.1, -0.05) is 0 Å². The zero-order chi connectivity index (χ0) is 15.5. The Morgan fingerprint density at radius 1 is 1.35 bits per heavy atom. The van der Waals surface area contributed by atoms with E-state index in [1.807, 2.05) is 35.3 Å². The molecule has 2 fully saturated rings. The molecular weight excluding hydrogens is 294 g/mol. The molecule has 2 saturated heterocycles. The Labute approximate surface area is 136 Å². The van der Waals surface area contributed by atoms with Crippen molar-refractivity contribution in [3.05, 3.63) is 42.6 Å². The van der Waals surface area contributed by atoms with Crippen molar-refractivity contribution in [1.82, 2.24) is 14.7 Å². The molecule has 2 atom stereocenters. The number of ether oxygens (including phenoxy) is 2. The molecule has 0 N–H and O–H groups in total. The summed E-state index contributed by atoms with van der Waals surface area (Å²) in [7, 11) is 0. The van der Waals surface area contributed by atoms with Gasteiger partial charge >= 0.3 is 0 Å². The minimum absolute atomic E-state index is 0.194. The molecule has 1 spiro atoms. The number of hydrogen-bond donors (Lipinski definition) is 0. The second-order valence-corrected chi connectivity index (χ2v) is 6.53. The Morgan fingerprint density at radius 3 is 3.17 bits per heavy atom. The number of hydrogen-bond acceptors (Lipinski definition) is 5. The first-order valence-electron chi connectivity index (χ1n) is 8.29. The highest BCUT2D eigenvalue weighted by molar-refractivity contribution is 5.00. The summed E-state index contributed by atoms with van der Waals surface area (Å²) in [5.41, 5.74) is -0.194. The van der Waals surface area contributed by atoms with Gasteiger partial charge in [0.25, 0.3) is 0 Å². The van der Waals surface area contributed by atoms with Crippen LogP contribution in [0.2, 0.25) is 0 Å². The number of furan rings is 1. The van der Waals surface area contributed by atoms with Crippen LogP contribution in [0.3, 0.4) is 0 Å². The van der Waals surface area contributed by atoms with Crippen LogP contribution in [0.1, 0.15) is 18.6 Å². The van der Waals surface area contributed by atoms with Crippen molar-refractivity contribution in [1.29, 1.82) is 0 Å². The highest BCUT2D eigenvalue weighted by atomic mass is 16.6. The van der Waals surface area contributed by atoms with E-state index in [9.17, 15) is 0 Å². The number of rotatable bonds is 4. The molecule has 4 rings (SSSR count). The summed E-state index contributed by atoms with van der Waals surface area (Å²) in [6.07, 6.45) is 7.82. The Morgan fingerprint density at radius 2 is 2.35 bits per heavy atom. The summed E-state index contributed by atoms with van der Waals surface area (Å²) < 4.78 is 19.7. The van der Waals surface area contributed by atoms with E-state index in [4.69, 9.17) is 13.9 Å². The smallest absolute Gasteiger partial charge is 0.117 e. The fourth-order valence-electron chi connectivity index (χ4n) is 3.61. The van der Waals surface area contributed by atoms with E-state index in [2.05, 4.69) is 10.00 Å². The summed E-state index contributed by atoms with van der Waals surface area (Å²) in [6, 6.07) is 5.91. The average molecular weight is 317 g/mol. The average Bonchev–Trinajstić information content (AvgIpc) is 3.25.